The minimum atomic E-state index is -1.56. The highest BCUT2D eigenvalue weighted by Crippen LogP contribution is 2.25. The molecule has 150 valence electrons. The Bertz CT molecular complexity index is 528. The van der Waals surface area contributed by atoms with Gasteiger partial charge in [-0.2, -0.15) is 0 Å². The largest absolute Gasteiger partial charge is 0.473 e. The summed E-state index contributed by atoms with van der Waals surface area (Å²) in [5.41, 5.74) is 5.09. The third-order valence-corrected chi connectivity index (χ3v) is 3.58. The van der Waals surface area contributed by atoms with Gasteiger partial charge in [-0.3, -0.25) is 4.79 Å². The number of nitrogens with two attached hydrogens (primary N) is 1. The number of amides is 2. The van der Waals surface area contributed by atoms with Crippen molar-refractivity contribution in [1.29, 1.82) is 0 Å². The smallest absolute Gasteiger partial charge is 0.417 e. The van der Waals surface area contributed by atoms with E-state index in [1.54, 1.807) is 39.8 Å². The molecule has 0 unspecified atom stereocenters. The first-order valence-electron chi connectivity index (χ1n) is 8.17. The zero-order chi connectivity index (χ0) is 20.7. The Kier molecular flexibility index (Phi) is 9.05. The Morgan fingerprint density at radius 3 is 2.00 bits per heavy atom. The van der Waals surface area contributed by atoms with Crippen LogP contribution in [0.1, 0.15) is 40.0 Å². The van der Waals surface area contributed by atoms with Gasteiger partial charge in [-0.1, -0.05) is 0 Å². The molecule has 0 bridgehead atoms. The third-order valence-electron chi connectivity index (χ3n) is 3.58. The minimum absolute atomic E-state index is 0.0455. The summed E-state index contributed by atoms with van der Waals surface area (Å²) in [4.78, 5) is 44.1. The van der Waals surface area contributed by atoms with Gasteiger partial charge in [0.05, 0.1) is 0 Å². The van der Waals surface area contributed by atoms with Crippen molar-refractivity contribution in [2.45, 2.75) is 57.7 Å². The molecule has 10 heteroatoms. The summed E-state index contributed by atoms with van der Waals surface area (Å²) in [7, 11) is 3.41. The summed E-state index contributed by atoms with van der Waals surface area (Å²) < 4.78 is 4.46. The number of nitrogens with one attached hydrogen (secondary N) is 1. The van der Waals surface area contributed by atoms with Crippen molar-refractivity contribution in [3.63, 3.8) is 0 Å². The minimum Gasteiger partial charge on any atom is -0.473 e. The zero-order valence-corrected chi connectivity index (χ0v) is 15.8. The zero-order valence-electron chi connectivity index (χ0n) is 15.8. The standard InChI is InChI=1S/C10H19N3O3.C6H10O4/c1-13(2)9(14)6-3-4-7(11)8(5-6)12-10(15)16;1-6(2,3)10-5(9)4(7)8/h6-8,12H,3-5,11H2,1-2H3,(H,15,16);1-3H3,(H,7,8)/t6-,7-,8+;/m0./s1. The number of hydrogen-bond acceptors (Lipinski definition) is 6. The Balaban J connectivity index is 0.000000541. The number of carboxylic acids is 1. The van der Waals surface area contributed by atoms with Gasteiger partial charge >= 0.3 is 18.0 Å². The van der Waals surface area contributed by atoms with E-state index in [2.05, 4.69) is 10.1 Å². The Hall–Kier alpha value is -2.36. The van der Waals surface area contributed by atoms with E-state index in [9.17, 15) is 19.2 Å². The van der Waals surface area contributed by atoms with Crippen molar-refractivity contribution < 1.29 is 34.1 Å². The molecule has 5 N–H and O–H groups in total. The fourth-order valence-electron chi connectivity index (χ4n) is 2.43. The van der Waals surface area contributed by atoms with Crippen molar-refractivity contribution in [3.05, 3.63) is 0 Å². The van der Waals surface area contributed by atoms with E-state index in [0.29, 0.717) is 12.8 Å². The van der Waals surface area contributed by atoms with Crippen LogP contribution in [0.2, 0.25) is 0 Å². The van der Waals surface area contributed by atoms with Crippen LogP contribution < -0.4 is 11.1 Å². The molecule has 3 atom stereocenters. The van der Waals surface area contributed by atoms with Gasteiger partial charge in [0.15, 0.2) is 0 Å². The molecule has 0 spiro atoms. The van der Waals surface area contributed by atoms with Crippen molar-refractivity contribution in [2.75, 3.05) is 14.1 Å². The second kappa shape index (κ2) is 9.95. The quantitative estimate of drug-likeness (QED) is 0.395. The molecule has 10 nitrogen and oxygen atoms in total. The van der Waals surface area contributed by atoms with Crippen LogP contribution in [0.15, 0.2) is 0 Å². The highest BCUT2D eigenvalue weighted by Gasteiger charge is 2.33. The highest BCUT2D eigenvalue weighted by atomic mass is 16.6. The number of nitrogens with zero attached hydrogens (tertiary/aromatic N) is 1. The van der Waals surface area contributed by atoms with E-state index in [4.69, 9.17) is 15.9 Å². The fraction of sp³-hybridized carbons (Fsp3) is 0.750. The van der Waals surface area contributed by atoms with Crippen molar-refractivity contribution in [1.82, 2.24) is 10.2 Å². The number of esters is 1. The van der Waals surface area contributed by atoms with E-state index in [1.807, 2.05) is 0 Å². The van der Waals surface area contributed by atoms with Gasteiger partial charge in [-0.05, 0) is 40.0 Å². The van der Waals surface area contributed by atoms with Crippen LogP contribution in [-0.2, 0) is 19.1 Å². The van der Waals surface area contributed by atoms with E-state index in [0.717, 1.165) is 6.42 Å². The molecule has 0 aliphatic heterocycles. The second-order valence-electron chi connectivity index (χ2n) is 7.27. The molecule has 1 saturated carbocycles. The molecule has 1 fully saturated rings. The average molecular weight is 375 g/mol. The maximum Gasteiger partial charge on any atom is 0.417 e. The maximum absolute atomic E-state index is 11.7. The molecule has 0 aromatic carbocycles. The Morgan fingerprint density at radius 2 is 1.65 bits per heavy atom. The topological polar surface area (TPSA) is 159 Å². The fourth-order valence-corrected chi connectivity index (χ4v) is 2.43. The number of carbonyl (C=O) groups is 4. The molecule has 1 aliphatic carbocycles. The lowest BCUT2D eigenvalue weighted by molar-refractivity contribution is -0.171. The normalized spacial score (nSPS) is 22.3. The molecular formula is C16H29N3O7. The lowest BCUT2D eigenvalue weighted by Crippen LogP contribution is -2.52. The number of rotatable bonds is 2. The van der Waals surface area contributed by atoms with Gasteiger partial charge in [0.25, 0.3) is 0 Å². The lowest BCUT2D eigenvalue weighted by Gasteiger charge is -2.34. The molecule has 0 saturated heterocycles. The molecular weight excluding hydrogens is 346 g/mol. The summed E-state index contributed by atoms with van der Waals surface area (Å²) in [6, 6.07) is -0.512. The monoisotopic (exact) mass is 375 g/mol. The average Bonchev–Trinajstić information content (AvgIpc) is 2.47. The van der Waals surface area contributed by atoms with Crippen LogP contribution in [-0.4, -0.2) is 70.8 Å². The van der Waals surface area contributed by atoms with E-state index >= 15 is 0 Å². The summed E-state index contributed by atoms with van der Waals surface area (Å²) >= 11 is 0. The molecule has 1 aliphatic rings. The number of carboxylic acid groups (broad SMARTS) is 2. The summed E-state index contributed by atoms with van der Waals surface area (Å²) in [5, 5.41) is 19.1. The maximum atomic E-state index is 11.7. The SMILES string of the molecule is CC(C)(C)OC(=O)C(=O)O.CN(C)C(=O)[C@H]1CC[C@H](N)[C@H](NC(=O)O)C1. The molecule has 1 rings (SSSR count). The summed E-state index contributed by atoms with van der Waals surface area (Å²) in [5.74, 6) is -2.85. The van der Waals surface area contributed by atoms with E-state index in [1.165, 1.54) is 0 Å². The first-order chi connectivity index (χ1) is 11.7. The predicted molar refractivity (Wildman–Crippen MR) is 92.4 cm³/mol. The third kappa shape index (κ3) is 9.21. The van der Waals surface area contributed by atoms with E-state index < -0.39 is 23.6 Å². The van der Waals surface area contributed by atoms with Crippen LogP contribution in [0.25, 0.3) is 0 Å². The van der Waals surface area contributed by atoms with Gasteiger partial charge in [0.1, 0.15) is 5.60 Å². The highest BCUT2D eigenvalue weighted by molar-refractivity contribution is 6.28. The van der Waals surface area contributed by atoms with E-state index in [-0.39, 0.29) is 23.9 Å². The van der Waals surface area contributed by atoms with Gasteiger partial charge in [0.2, 0.25) is 5.91 Å². The first-order valence-corrected chi connectivity index (χ1v) is 8.17. The van der Waals surface area contributed by atoms with Crippen molar-refractivity contribution in [2.24, 2.45) is 11.7 Å². The molecule has 0 aromatic rings. The van der Waals surface area contributed by atoms with Crippen LogP contribution in [0, 0.1) is 5.92 Å². The van der Waals surface area contributed by atoms with Crippen molar-refractivity contribution >= 4 is 23.9 Å². The molecule has 2 amide bonds. The number of aliphatic carboxylic acids is 1. The predicted octanol–water partition coefficient (Wildman–Crippen LogP) is 0.251. The van der Waals surface area contributed by atoms with Crippen LogP contribution in [0.3, 0.4) is 0 Å². The molecule has 0 heterocycles. The molecule has 0 aromatic heterocycles. The molecule has 0 radical (unpaired) electrons. The van der Waals surface area contributed by atoms with Crippen LogP contribution >= 0.6 is 0 Å². The second-order valence-corrected chi connectivity index (χ2v) is 7.27. The van der Waals surface area contributed by atoms with Gasteiger partial charge in [0, 0.05) is 32.1 Å². The number of ether oxygens (including phenoxy) is 1. The van der Waals surface area contributed by atoms with Crippen LogP contribution in [0.5, 0.6) is 0 Å². The van der Waals surface area contributed by atoms with Crippen molar-refractivity contribution in [3.8, 4) is 0 Å². The number of hydrogen-bond donors (Lipinski definition) is 4. The first kappa shape index (κ1) is 23.6. The van der Waals surface area contributed by atoms with Gasteiger partial charge < -0.3 is 30.9 Å². The molecule has 26 heavy (non-hydrogen) atoms. The summed E-state index contributed by atoms with van der Waals surface area (Å²) in [6.45, 7) is 4.81. The Morgan fingerprint density at radius 1 is 1.12 bits per heavy atom. The Labute approximate surface area is 152 Å². The summed E-state index contributed by atoms with van der Waals surface area (Å²) in [6.07, 6.45) is 0.814. The van der Waals surface area contributed by atoms with Crippen LogP contribution in [0.4, 0.5) is 4.79 Å². The van der Waals surface area contributed by atoms with Gasteiger partial charge in [-0.25, -0.2) is 14.4 Å². The van der Waals surface area contributed by atoms with Gasteiger partial charge in [-0.15, -0.1) is 0 Å². The lowest BCUT2D eigenvalue weighted by atomic mass is 9.82. The number of carbonyl (C=O) groups excluding carboxylic acids is 2.